The molecular formula is C16H9ClF2O2. The van der Waals surface area contributed by atoms with Crippen LogP contribution >= 0.6 is 11.6 Å². The zero-order chi connectivity index (χ0) is 15.0. The average molecular weight is 307 g/mol. The van der Waals surface area contributed by atoms with E-state index in [9.17, 15) is 13.6 Å². The van der Waals surface area contributed by atoms with E-state index in [2.05, 4.69) is 0 Å². The fourth-order valence-corrected chi connectivity index (χ4v) is 2.33. The fraction of sp³-hybridized carbons (Fsp3) is 0.0625. The van der Waals surface area contributed by atoms with Crippen LogP contribution < -0.4 is 0 Å². The van der Waals surface area contributed by atoms with E-state index in [-0.39, 0.29) is 11.3 Å². The standard InChI is InChI=1S/C16H9ClF2O2/c17-11-4-1-3-9-7-15(21-16(9)11)14(20)8-10-12(18)5-2-6-13(10)19/h1-7H,8H2. The Balaban J connectivity index is 1.96. The van der Waals surface area contributed by atoms with E-state index >= 15 is 0 Å². The lowest BCUT2D eigenvalue weighted by atomic mass is 10.1. The summed E-state index contributed by atoms with van der Waals surface area (Å²) < 4.78 is 32.5. The Morgan fingerprint density at radius 2 is 1.76 bits per heavy atom. The van der Waals surface area contributed by atoms with Gasteiger partial charge >= 0.3 is 0 Å². The van der Waals surface area contributed by atoms with Crippen molar-refractivity contribution in [1.29, 1.82) is 0 Å². The highest BCUT2D eigenvalue weighted by molar-refractivity contribution is 6.34. The summed E-state index contributed by atoms with van der Waals surface area (Å²) in [6.45, 7) is 0. The molecule has 0 aliphatic heterocycles. The molecular weight excluding hydrogens is 298 g/mol. The minimum Gasteiger partial charge on any atom is -0.451 e. The first-order valence-electron chi connectivity index (χ1n) is 6.20. The molecule has 0 radical (unpaired) electrons. The number of ketones is 1. The van der Waals surface area contributed by atoms with Gasteiger partial charge in [-0.1, -0.05) is 29.8 Å². The number of hydrogen-bond donors (Lipinski definition) is 0. The van der Waals surface area contributed by atoms with Gasteiger partial charge in [-0.25, -0.2) is 8.78 Å². The fourth-order valence-electron chi connectivity index (χ4n) is 2.11. The van der Waals surface area contributed by atoms with Crippen molar-refractivity contribution in [3.63, 3.8) is 0 Å². The summed E-state index contributed by atoms with van der Waals surface area (Å²) in [4.78, 5) is 12.1. The van der Waals surface area contributed by atoms with Crippen molar-refractivity contribution >= 4 is 28.4 Å². The number of hydrogen-bond acceptors (Lipinski definition) is 2. The van der Waals surface area contributed by atoms with Gasteiger partial charge in [0.05, 0.1) is 5.02 Å². The number of benzene rings is 2. The van der Waals surface area contributed by atoms with Crippen LogP contribution in [0.15, 0.2) is 46.9 Å². The molecule has 0 unspecified atom stereocenters. The van der Waals surface area contributed by atoms with Gasteiger partial charge in [-0.2, -0.15) is 0 Å². The highest BCUT2D eigenvalue weighted by atomic mass is 35.5. The molecule has 2 aromatic carbocycles. The Bertz CT molecular complexity index is 819. The second kappa shape index (κ2) is 5.30. The molecule has 1 heterocycles. The van der Waals surface area contributed by atoms with E-state index in [1.807, 2.05) is 0 Å². The van der Waals surface area contributed by atoms with E-state index in [4.69, 9.17) is 16.0 Å². The topological polar surface area (TPSA) is 30.2 Å². The molecule has 0 N–H and O–H groups in total. The molecule has 3 aromatic rings. The van der Waals surface area contributed by atoms with Crippen molar-refractivity contribution in [2.24, 2.45) is 0 Å². The van der Waals surface area contributed by atoms with Crippen molar-refractivity contribution in [3.05, 3.63) is 70.4 Å². The van der Waals surface area contributed by atoms with E-state index in [0.29, 0.717) is 16.0 Å². The molecule has 0 amide bonds. The third-order valence-corrected chi connectivity index (χ3v) is 3.47. The number of carbonyl (C=O) groups is 1. The van der Waals surface area contributed by atoms with E-state index in [1.165, 1.54) is 12.1 Å². The normalized spacial score (nSPS) is 11.0. The van der Waals surface area contributed by atoms with Gasteiger partial charge in [-0.05, 0) is 24.3 Å². The molecule has 0 spiro atoms. The number of fused-ring (bicyclic) bond motifs is 1. The largest absolute Gasteiger partial charge is 0.451 e. The Morgan fingerprint density at radius 3 is 2.43 bits per heavy atom. The van der Waals surface area contributed by atoms with E-state index in [1.54, 1.807) is 18.2 Å². The number of Topliss-reactive ketones (excluding diaryl/α,β-unsaturated/α-hetero) is 1. The Labute approximate surface area is 123 Å². The van der Waals surface area contributed by atoms with Crippen LogP contribution in [0.2, 0.25) is 5.02 Å². The number of rotatable bonds is 3. The lowest BCUT2D eigenvalue weighted by Gasteiger charge is -2.02. The van der Waals surface area contributed by atoms with Gasteiger partial charge in [0.2, 0.25) is 5.78 Å². The van der Waals surface area contributed by atoms with Crippen molar-refractivity contribution in [1.82, 2.24) is 0 Å². The van der Waals surface area contributed by atoms with Gasteiger partial charge in [-0.15, -0.1) is 0 Å². The molecule has 5 heteroatoms. The predicted molar refractivity (Wildman–Crippen MR) is 75.6 cm³/mol. The Hall–Kier alpha value is -2.20. The van der Waals surface area contributed by atoms with Gasteiger partial charge in [0.1, 0.15) is 11.6 Å². The summed E-state index contributed by atoms with van der Waals surface area (Å²) in [6.07, 6.45) is -0.407. The average Bonchev–Trinajstić information content (AvgIpc) is 2.88. The van der Waals surface area contributed by atoms with Crippen LogP contribution in [0, 0.1) is 11.6 Å². The van der Waals surface area contributed by atoms with Crippen molar-refractivity contribution in [3.8, 4) is 0 Å². The molecule has 106 valence electrons. The van der Waals surface area contributed by atoms with Gasteiger partial charge in [0.25, 0.3) is 0 Å². The maximum absolute atomic E-state index is 13.6. The molecule has 0 aliphatic rings. The minimum absolute atomic E-state index is 0.0285. The molecule has 21 heavy (non-hydrogen) atoms. The van der Waals surface area contributed by atoms with Gasteiger partial charge in [0, 0.05) is 17.4 Å². The quantitative estimate of drug-likeness (QED) is 0.651. The van der Waals surface area contributed by atoms with Crippen LogP contribution in [0.25, 0.3) is 11.0 Å². The first-order chi connectivity index (χ1) is 10.1. The SMILES string of the molecule is O=C(Cc1c(F)cccc1F)c1cc2cccc(Cl)c2o1. The maximum atomic E-state index is 13.6. The maximum Gasteiger partial charge on any atom is 0.202 e. The summed E-state index contributed by atoms with van der Waals surface area (Å²) in [5.41, 5.74) is 0.116. The molecule has 2 nitrogen and oxygen atoms in total. The van der Waals surface area contributed by atoms with Gasteiger partial charge < -0.3 is 4.42 Å². The molecule has 0 bridgehead atoms. The number of furan rings is 1. The van der Waals surface area contributed by atoms with Crippen LogP contribution in [0.4, 0.5) is 8.78 Å². The molecule has 0 aliphatic carbocycles. The van der Waals surface area contributed by atoms with Crippen LogP contribution in [0.3, 0.4) is 0 Å². The van der Waals surface area contributed by atoms with Crippen LogP contribution in [0.1, 0.15) is 16.1 Å². The summed E-state index contributed by atoms with van der Waals surface area (Å²) in [7, 11) is 0. The Kier molecular flexibility index (Phi) is 3.47. The third-order valence-electron chi connectivity index (χ3n) is 3.17. The number of carbonyl (C=O) groups excluding carboxylic acids is 1. The number of halogens is 3. The minimum atomic E-state index is -0.752. The first-order valence-corrected chi connectivity index (χ1v) is 6.58. The lowest BCUT2D eigenvalue weighted by Crippen LogP contribution is -2.06. The highest BCUT2D eigenvalue weighted by Crippen LogP contribution is 2.27. The van der Waals surface area contributed by atoms with Crippen molar-refractivity contribution in [2.45, 2.75) is 6.42 Å². The smallest absolute Gasteiger partial charge is 0.202 e. The second-order valence-electron chi connectivity index (χ2n) is 4.57. The first kappa shape index (κ1) is 13.8. The summed E-state index contributed by atoms with van der Waals surface area (Å²) in [5, 5.41) is 1.04. The van der Waals surface area contributed by atoms with Crippen LogP contribution in [0.5, 0.6) is 0 Å². The summed E-state index contributed by atoms with van der Waals surface area (Å²) >= 11 is 5.96. The van der Waals surface area contributed by atoms with E-state index < -0.39 is 23.8 Å². The van der Waals surface area contributed by atoms with E-state index in [0.717, 1.165) is 12.1 Å². The number of para-hydroxylation sites is 1. The molecule has 0 atom stereocenters. The summed E-state index contributed by atoms with van der Waals surface area (Å²) in [6, 6.07) is 10.1. The van der Waals surface area contributed by atoms with Crippen LogP contribution in [-0.2, 0) is 6.42 Å². The van der Waals surface area contributed by atoms with Crippen LogP contribution in [-0.4, -0.2) is 5.78 Å². The monoisotopic (exact) mass is 306 g/mol. The molecule has 3 rings (SSSR count). The highest BCUT2D eigenvalue weighted by Gasteiger charge is 2.18. The molecule has 0 saturated heterocycles. The zero-order valence-corrected chi connectivity index (χ0v) is 11.5. The molecule has 0 saturated carbocycles. The summed E-state index contributed by atoms with van der Waals surface area (Å²) in [5.74, 6) is -1.98. The third kappa shape index (κ3) is 2.54. The lowest BCUT2D eigenvalue weighted by molar-refractivity contribution is 0.0966. The Morgan fingerprint density at radius 1 is 1.10 bits per heavy atom. The second-order valence-corrected chi connectivity index (χ2v) is 4.98. The van der Waals surface area contributed by atoms with Crippen molar-refractivity contribution in [2.75, 3.05) is 0 Å². The molecule has 0 fully saturated rings. The zero-order valence-electron chi connectivity index (χ0n) is 10.7. The van der Waals surface area contributed by atoms with Crippen molar-refractivity contribution < 1.29 is 18.0 Å². The van der Waals surface area contributed by atoms with Gasteiger partial charge in [-0.3, -0.25) is 4.79 Å². The molecule has 1 aromatic heterocycles. The van der Waals surface area contributed by atoms with Gasteiger partial charge in [0.15, 0.2) is 11.3 Å². The predicted octanol–water partition coefficient (Wildman–Crippen LogP) is 4.79.